The second kappa shape index (κ2) is 7.77. The van der Waals surface area contributed by atoms with Crippen LogP contribution in [0.15, 0.2) is 16.6 Å². The molecule has 0 aliphatic carbocycles. The Bertz CT molecular complexity index is 416. The van der Waals surface area contributed by atoms with Gasteiger partial charge in [0.2, 0.25) is 5.82 Å². The number of rotatable bonds is 7. The summed E-state index contributed by atoms with van der Waals surface area (Å²) in [6.45, 7) is 4.75. The van der Waals surface area contributed by atoms with E-state index < -0.39 is 17.7 Å². The predicted molar refractivity (Wildman–Crippen MR) is 73.5 cm³/mol. The fraction of sp³-hybridized carbons (Fsp3) is 0.538. The van der Waals surface area contributed by atoms with Crippen molar-refractivity contribution in [2.24, 2.45) is 0 Å². The average molecular weight is 338 g/mol. The summed E-state index contributed by atoms with van der Waals surface area (Å²) in [5.41, 5.74) is 0. The van der Waals surface area contributed by atoms with E-state index in [0.717, 1.165) is 6.07 Å². The van der Waals surface area contributed by atoms with Gasteiger partial charge >= 0.3 is 0 Å². The van der Waals surface area contributed by atoms with Gasteiger partial charge in [0.1, 0.15) is 6.10 Å². The van der Waals surface area contributed by atoms with Crippen LogP contribution >= 0.6 is 15.9 Å². The van der Waals surface area contributed by atoms with Gasteiger partial charge in [0.25, 0.3) is 0 Å². The number of halogens is 3. The van der Waals surface area contributed by atoms with Gasteiger partial charge in [-0.15, -0.1) is 0 Å². The highest BCUT2D eigenvalue weighted by molar-refractivity contribution is 9.10. The first-order valence-electron chi connectivity index (χ1n) is 5.97. The molecule has 0 aromatic heterocycles. The molecule has 1 aromatic carbocycles. The molecule has 1 unspecified atom stereocenters. The smallest absolute Gasteiger partial charge is 0.200 e. The Hall–Kier alpha value is -0.720. The molecular formula is C13H18BrF2NO2. The lowest BCUT2D eigenvalue weighted by atomic mass is 10.3. The molecule has 0 heterocycles. The van der Waals surface area contributed by atoms with Crippen molar-refractivity contribution in [2.45, 2.75) is 26.0 Å². The van der Waals surface area contributed by atoms with Crippen LogP contribution in [0.1, 0.15) is 13.8 Å². The third-order valence-corrected chi connectivity index (χ3v) is 2.82. The van der Waals surface area contributed by atoms with Crippen LogP contribution in [0.2, 0.25) is 0 Å². The van der Waals surface area contributed by atoms with Crippen LogP contribution in [0.25, 0.3) is 0 Å². The number of nitrogens with one attached hydrogen (secondary N) is 1. The first-order valence-corrected chi connectivity index (χ1v) is 6.76. The number of hydrogen-bond donors (Lipinski definition) is 1. The van der Waals surface area contributed by atoms with Gasteiger partial charge in [-0.05, 0) is 12.1 Å². The SMILES string of the molecule is COCC(CNC(C)C)Oc1cc(Br)cc(F)c1F. The van der Waals surface area contributed by atoms with Crippen molar-refractivity contribution in [2.75, 3.05) is 20.3 Å². The van der Waals surface area contributed by atoms with E-state index in [1.54, 1.807) is 0 Å². The van der Waals surface area contributed by atoms with E-state index in [-0.39, 0.29) is 18.4 Å². The van der Waals surface area contributed by atoms with Gasteiger partial charge in [-0.25, -0.2) is 4.39 Å². The normalized spacial score (nSPS) is 12.8. The van der Waals surface area contributed by atoms with E-state index in [1.807, 2.05) is 13.8 Å². The van der Waals surface area contributed by atoms with E-state index in [0.29, 0.717) is 11.0 Å². The van der Waals surface area contributed by atoms with Crippen LogP contribution in [0.3, 0.4) is 0 Å². The highest BCUT2D eigenvalue weighted by atomic mass is 79.9. The molecule has 0 bridgehead atoms. The van der Waals surface area contributed by atoms with E-state index in [4.69, 9.17) is 9.47 Å². The van der Waals surface area contributed by atoms with Crippen molar-refractivity contribution in [3.63, 3.8) is 0 Å². The molecule has 0 fully saturated rings. The molecule has 0 spiro atoms. The lowest BCUT2D eigenvalue weighted by molar-refractivity contribution is 0.0761. The summed E-state index contributed by atoms with van der Waals surface area (Å²) < 4.78 is 37.8. The minimum atomic E-state index is -0.992. The second-order valence-corrected chi connectivity index (χ2v) is 5.37. The first-order chi connectivity index (χ1) is 8.93. The van der Waals surface area contributed by atoms with Gasteiger partial charge in [-0.2, -0.15) is 4.39 Å². The standard InChI is InChI=1S/C13H18BrF2NO2/c1-8(2)17-6-10(7-18-3)19-12-5-9(14)4-11(15)13(12)16/h4-5,8,10,17H,6-7H2,1-3H3. The van der Waals surface area contributed by atoms with E-state index >= 15 is 0 Å². The molecule has 1 atom stereocenters. The Kier molecular flexibility index (Phi) is 6.68. The van der Waals surface area contributed by atoms with Crippen molar-refractivity contribution in [3.05, 3.63) is 28.2 Å². The highest BCUT2D eigenvalue weighted by Crippen LogP contribution is 2.26. The topological polar surface area (TPSA) is 30.5 Å². The number of benzene rings is 1. The number of hydrogen-bond acceptors (Lipinski definition) is 3. The fourth-order valence-electron chi connectivity index (χ4n) is 1.49. The molecule has 1 rings (SSSR count). The van der Waals surface area contributed by atoms with Crippen molar-refractivity contribution >= 4 is 15.9 Å². The Morgan fingerprint density at radius 2 is 2.00 bits per heavy atom. The van der Waals surface area contributed by atoms with E-state index in [9.17, 15) is 8.78 Å². The largest absolute Gasteiger partial charge is 0.483 e. The molecular weight excluding hydrogens is 320 g/mol. The zero-order valence-electron chi connectivity index (χ0n) is 11.2. The van der Waals surface area contributed by atoms with Gasteiger partial charge < -0.3 is 14.8 Å². The van der Waals surface area contributed by atoms with Crippen molar-refractivity contribution in [3.8, 4) is 5.75 Å². The monoisotopic (exact) mass is 337 g/mol. The van der Waals surface area contributed by atoms with Crippen LogP contribution < -0.4 is 10.1 Å². The maximum absolute atomic E-state index is 13.6. The molecule has 1 N–H and O–H groups in total. The molecule has 6 heteroatoms. The predicted octanol–water partition coefficient (Wildman–Crippen LogP) is 3.12. The Balaban J connectivity index is 2.78. The summed E-state index contributed by atoms with van der Waals surface area (Å²) in [5.74, 6) is -2.06. The Labute approximate surface area is 120 Å². The van der Waals surface area contributed by atoms with Crippen LogP contribution in [0.4, 0.5) is 8.78 Å². The molecule has 0 radical (unpaired) electrons. The molecule has 3 nitrogen and oxygen atoms in total. The zero-order valence-corrected chi connectivity index (χ0v) is 12.8. The molecule has 108 valence electrons. The van der Waals surface area contributed by atoms with Crippen LogP contribution in [0.5, 0.6) is 5.75 Å². The summed E-state index contributed by atoms with van der Waals surface area (Å²) in [4.78, 5) is 0. The third-order valence-electron chi connectivity index (χ3n) is 2.36. The number of methoxy groups -OCH3 is 1. The van der Waals surface area contributed by atoms with E-state index in [1.165, 1.54) is 13.2 Å². The summed E-state index contributed by atoms with van der Waals surface area (Å²) in [6, 6.07) is 2.73. The van der Waals surface area contributed by atoms with E-state index in [2.05, 4.69) is 21.2 Å². The molecule has 0 aliphatic heterocycles. The zero-order chi connectivity index (χ0) is 14.4. The quantitative estimate of drug-likeness (QED) is 0.775. The molecule has 0 saturated carbocycles. The Morgan fingerprint density at radius 3 is 2.58 bits per heavy atom. The first kappa shape index (κ1) is 16.3. The van der Waals surface area contributed by atoms with Gasteiger partial charge in [0.05, 0.1) is 6.61 Å². The van der Waals surface area contributed by atoms with Crippen molar-refractivity contribution in [1.29, 1.82) is 0 Å². The lowest BCUT2D eigenvalue weighted by Crippen LogP contribution is -2.38. The van der Waals surface area contributed by atoms with Crippen molar-refractivity contribution in [1.82, 2.24) is 5.32 Å². The summed E-state index contributed by atoms with van der Waals surface area (Å²) in [5, 5.41) is 3.17. The van der Waals surface area contributed by atoms with Gasteiger partial charge in [0, 0.05) is 24.2 Å². The number of ether oxygens (including phenoxy) is 2. The lowest BCUT2D eigenvalue weighted by Gasteiger charge is -2.21. The van der Waals surface area contributed by atoms with Gasteiger partial charge in [-0.1, -0.05) is 29.8 Å². The van der Waals surface area contributed by atoms with Gasteiger partial charge in [-0.3, -0.25) is 0 Å². The van der Waals surface area contributed by atoms with Crippen LogP contribution in [-0.4, -0.2) is 32.4 Å². The Morgan fingerprint density at radius 1 is 1.32 bits per heavy atom. The molecule has 0 aliphatic rings. The summed E-state index contributed by atoms with van der Waals surface area (Å²) in [6.07, 6.45) is -0.393. The maximum atomic E-state index is 13.6. The molecule has 19 heavy (non-hydrogen) atoms. The molecule has 0 saturated heterocycles. The second-order valence-electron chi connectivity index (χ2n) is 4.46. The average Bonchev–Trinajstić information content (AvgIpc) is 2.32. The minimum Gasteiger partial charge on any atom is -0.483 e. The highest BCUT2D eigenvalue weighted by Gasteiger charge is 2.17. The fourth-order valence-corrected chi connectivity index (χ4v) is 1.89. The van der Waals surface area contributed by atoms with Crippen LogP contribution in [0, 0.1) is 11.6 Å². The molecule has 0 amide bonds. The molecule has 1 aromatic rings. The van der Waals surface area contributed by atoms with Crippen molar-refractivity contribution < 1.29 is 18.3 Å². The summed E-state index contributed by atoms with van der Waals surface area (Å²) >= 11 is 3.10. The minimum absolute atomic E-state index is 0.125. The maximum Gasteiger partial charge on any atom is 0.200 e. The third kappa shape index (κ3) is 5.42. The summed E-state index contributed by atoms with van der Waals surface area (Å²) in [7, 11) is 1.53. The van der Waals surface area contributed by atoms with Crippen LogP contribution in [-0.2, 0) is 4.74 Å². The van der Waals surface area contributed by atoms with Gasteiger partial charge in [0.15, 0.2) is 11.6 Å².